The minimum atomic E-state index is -0.630. The van der Waals surface area contributed by atoms with Crippen LogP contribution in [0.4, 0.5) is 0 Å². The van der Waals surface area contributed by atoms with E-state index in [1.165, 1.54) is 0 Å². The van der Waals surface area contributed by atoms with E-state index in [0.717, 1.165) is 32.1 Å². The first-order valence-corrected chi connectivity index (χ1v) is 7.73. The van der Waals surface area contributed by atoms with E-state index in [2.05, 4.69) is 10.4 Å². The highest BCUT2D eigenvalue weighted by molar-refractivity contribution is 5.99. The molecule has 2 amide bonds. The van der Waals surface area contributed by atoms with Gasteiger partial charge in [-0.2, -0.15) is 5.10 Å². The van der Waals surface area contributed by atoms with Crippen LogP contribution in [0.3, 0.4) is 0 Å². The molecule has 1 aliphatic heterocycles. The third-order valence-electron chi connectivity index (χ3n) is 4.72. The summed E-state index contributed by atoms with van der Waals surface area (Å²) in [6.07, 6.45) is 8.31. The van der Waals surface area contributed by atoms with Crippen molar-refractivity contribution in [3.05, 3.63) is 18.5 Å². The molecule has 1 unspecified atom stereocenters. The molecule has 1 N–H and O–H groups in total. The summed E-state index contributed by atoms with van der Waals surface area (Å²) in [6, 6.07) is 1.44. The monoisotopic (exact) mass is 290 g/mol. The Bertz CT molecular complexity index is 520. The van der Waals surface area contributed by atoms with Crippen molar-refractivity contribution in [1.29, 1.82) is 0 Å². The fourth-order valence-corrected chi connectivity index (χ4v) is 3.55. The Morgan fingerprint density at radius 2 is 2.05 bits per heavy atom. The molecule has 1 aromatic heterocycles. The lowest BCUT2D eigenvalue weighted by Gasteiger charge is -2.49. The van der Waals surface area contributed by atoms with Crippen molar-refractivity contribution in [2.75, 3.05) is 6.54 Å². The predicted molar refractivity (Wildman–Crippen MR) is 77.4 cm³/mol. The molecule has 1 saturated heterocycles. The lowest BCUT2D eigenvalue weighted by Crippen LogP contribution is -2.70. The summed E-state index contributed by atoms with van der Waals surface area (Å²) in [7, 11) is 0. The molecule has 0 aromatic carbocycles. The zero-order valence-corrected chi connectivity index (χ0v) is 12.4. The van der Waals surface area contributed by atoms with E-state index in [1.54, 1.807) is 17.8 Å². The van der Waals surface area contributed by atoms with Crippen LogP contribution in [0.5, 0.6) is 0 Å². The zero-order valence-electron chi connectivity index (χ0n) is 12.4. The second kappa shape index (κ2) is 5.50. The largest absolute Gasteiger partial charge is 0.343 e. The molecule has 1 aliphatic carbocycles. The minimum absolute atomic E-state index is 0.0229. The van der Waals surface area contributed by atoms with Gasteiger partial charge in [0, 0.05) is 18.9 Å². The molecule has 0 bridgehead atoms. The molecule has 114 valence electrons. The molecular weight excluding hydrogens is 268 g/mol. The number of aromatic nitrogens is 2. The first-order chi connectivity index (χ1) is 10.1. The van der Waals surface area contributed by atoms with Crippen LogP contribution >= 0.6 is 0 Å². The molecule has 2 heterocycles. The van der Waals surface area contributed by atoms with Gasteiger partial charge in [-0.05, 0) is 25.8 Å². The highest BCUT2D eigenvalue weighted by Crippen LogP contribution is 2.36. The second-order valence-corrected chi connectivity index (χ2v) is 6.05. The van der Waals surface area contributed by atoms with Crippen molar-refractivity contribution < 1.29 is 9.59 Å². The number of carbonyl (C=O) groups is 2. The van der Waals surface area contributed by atoms with Crippen molar-refractivity contribution in [3.8, 4) is 0 Å². The van der Waals surface area contributed by atoms with E-state index in [4.69, 9.17) is 0 Å². The maximum Gasteiger partial charge on any atom is 0.246 e. The summed E-state index contributed by atoms with van der Waals surface area (Å²) < 4.78 is 1.81. The van der Waals surface area contributed by atoms with E-state index in [9.17, 15) is 9.59 Å². The van der Waals surface area contributed by atoms with Crippen molar-refractivity contribution >= 4 is 11.8 Å². The number of carbonyl (C=O) groups excluding carboxylic acids is 2. The lowest BCUT2D eigenvalue weighted by atomic mass is 9.77. The van der Waals surface area contributed by atoms with Crippen LogP contribution in [0.15, 0.2) is 18.5 Å². The smallest absolute Gasteiger partial charge is 0.246 e. The van der Waals surface area contributed by atoms with Crippen LogP contribution in [0.2, 0.25) is 0 Å². The Balaban J connectivity index is 1.83. The van der Waals surface area contributed by atoms with Gasteiger partial charge < -0.3 is 10.2 Å². The normalized spacial score (nSPS) is 25.2. The molecule has 6 heteroatoms. The maximum atomic E-state index is 12.6. The third-order valence-corrected chi connectivity index (χ3v) is 4.72. The topological polar surface area (TPSA) is 67.2 Å². The van der Waals surface area contributed by atoms with Crippen molar-refractivity contribution in [3.63, 3.8) is 0 Å². The van der Waals surface area contributed by atoms with Crippen molar-refractivity contribution in [2.45, 2.75) is 57.2 Å². The van der Waals surface area contributed by atoms with Gasteiger partial charge in [0.2, 0.25) is 11.8 Å². The van der Waals surface area contributed by atoms with Gasteiger partial charge in [0.1, 0.15) is 11.6 Å². The van der Waals surface area contributed by atoms with Gasteiger partial charge in [-0.1, -0.05) is 19.3 Å². The number of piperazine rings is 1. The summed E-state index contributed by atoms with van der Waals surface area (Å²) in [5.41, 5.74) is -0.630. The fraction of sp³-hybridized carbons (Fsp3) is 0.667. The molecule has 21 heavy (non-hydrogen) atoms. The average molecular weight is 290 g/mol. The minimum Gasteiger partial charge on any atom is -0.343 e. The molecular formula is C15H22N4O2. The summed E-state index contributed by atoms with van der Waals surface area (Å²) in [6.45, 7) is 2.93. The maximum absolute atomic E-state index is 12.6. The molecule has 1 saturated carbocycles. The van der Waals surface area contributed by atoms with E-state index in [1.807, 2.05) is 17.2 Å². The molecule has 2 aliphatic rings. The molecule has 6 nitrogen and oxygen atoms in total. The summed E-state index contributed by atoms with van der Waals surface area (Å²) in [4.78, 5) is 27.0. The van der Waals surface area contributed by atoms with Crippen LogP contribution in [-0.4, -0.2) is 44.6 Å². The van der Waals surface area contributed by atoms with E-state index in [0.29, 0.717) is 13.1 Å². The van der Waals surface area contributed by atoms with E-state index < -0.39 is 11.6 Å². The van der Waals surface area contributed by atoms with Gasteiger partial charge in [-0.15, -0.1) is 0 Å². The summed E-state index contributed by atoms with van der Waals surface area (Å²) in [5.74, 6) is 0.0541. The number of amides is 2. The standard InChI is InChI=1S/C15H22N4O2/c1-12-13(20)19(11-10-18-9-5-8-16-18)15(14(21)17-12)6-3-2-4-7-15/h5,8-9,12H,2-4,6-7,10-11H2,1H3,(H,17,21). The van der Waals surface area contributed by atoms with Gasteiger partial charge in [-0.3, -0.25) is 14.3 Å². The number of nitrogens with one attached hydrogen (secondary N) is 1. The van der Waals surface area contributed by atoms with Crippen molar-refractivity contribution in [2.24, 2.45) is 0 Å². The van der Waals surface area contributed by atoms with Crippen LogP contribution in [0.1, 0.15) is 39.0 Å². The van der Waals surface area contributed by atoms with Crippen LogP contribution in [-0.2, 0) is 16.1 Å². The van der Waals surface area contributed by atoms with Gasteiger partial charge >= 0.3 is 0 Å². The van der Waals surface area contributed by atoms with Gasteiger partial charge in [0.05, 0.1) is 6.54 Å². The SMILES string of the molecule is CC1NC(=O)C2(CCCCC2)N(CCn2cccn2)C1=O. The Hall–Kier alpha value is -1.85. The van der Waals surface area contributed by atoms with Gasteiger partial charge in [-0.25, -0.2) is 0 Å². The first kappa shape index (κ1) is 14.1. The zero-order chi connectivity index (χ0) is 14.9. The molecule has 1 atom stereocenters. The van der Waals surface area contributed by atoms with Gasteiger partial charge in [0.25, 0.3) is 0 Å². The van der Waals surface area contributed by atoms with Crippen molar-refractivity contribution in [1.82, 2.24) is 20.0 Å². The number of rotatable bonds is 3. The molecule has 1 spiro atoms. The van der Waals surface area contributed by atoms with Crippen LogP contribution < -0.4 is 5.32 Å². The molecule has 2 fully saturated rings. The fourth-order valence-electron chi connectivity index (χ4n) is 3.55. The van der Waals surface area contributed by atoms with Crippen LogP contribution in [0.25, 0.3) is 0 Å². The summed E-state index contributed by atoms with van der Waals surface area (Å²) >= 11 is 0. The predicted octanol–water partition coefficient (Wildman–Crippen LogP) is 0.933. The highest BCUT2D eigenvalue weighted by Gasteiger charge is 2.51. The summed E-state index contributed by atoms with van der Waals surface area (Å²) in [5, 5.41) is 7.04. The van der Waals surface area contributed by atoms with Gasteiger partial charge in [0.15, 0.2) is 0 Å². The quantitative estimate of drug-likeness (QED) is 0.900. The Kier molecular flexibility index (Phi) is 3.69. The second-order valence-electron chi connectivity index (χ2n) is 6.05. The van der Waals surface area contributed by atoms with Crippen LogP contribution in [0, 0.1) is 0 Å². The highest BCUT2D eigenvalue weighted by atomic mass is 16.2. The first-order valence-electron chi connectivity index (χ1n) is 7.73. The Morgan fingerprint density at radius 1 is 1.29 bits per heavy atom. The number of hydrogen-bond donors (Lipinski definition) is 1. The third kappa shape index (κ3) is 2.43. The Labute approximate surface area is 124 Å². The molecule has 3 rings (SSSR count). The number of nitrogens with zero attached hydrogens (tertiary/aromatic N) is 3. The average Bonchev–Trinajstić information content (AvgIpc) is 3.00. The van der Waals surface area contributed by atoms with E-state index >= 15 is 0 Å². The Morgan fingerprint density at radius 3 is 2.71 bits per heavy atom. The molecule has 0 radical (unpaired) electrons. The molecule has 1 aromatic rings. The lowest BCUT2D eigenvalue weighted by molar-refractivity contribution is -0.159. The van der Waals surface area contributed by atoms with E-state index in [-0.39, 0.29) is 11.8 Å². The number of hydrogen-bond acceptors (Lipinski definition) is 3.